The first-order chi connectivity index (χ1) is 12.7. The second-order valence-corrected chi connectivity index (χ2v) is 8.36. The standard InChI is InChI=1S/C18H22BrF3N4O/c1-11-14(3-2-7-19)26(10-18(20,21)22)24-15(11)16(27)23-13-9-25-8-6-17(25)5-4-12(13)17/h2-3,12-13H,4-10H2,1H3,(H,23,27)/b3-2-. The predicted molar refractivity (Wildman–Crippen MR) is 98.7 cm³/mol. The fourth-order valence-corrected chi connectivity index (χ4v) is 5.13. The Kier molecular flexibility index (Phi) is 4.65. The van der Waals surface area contributed by atoms with Gasteiger partial charge in [-0.3, -0.25) is 14.4 Å². The smallest absolute Gasteiger partial charge is 0.346 e. The van der Waals surface area contributed by atoms with Gasteiger partial charge in [0, 0.05) is 35.6 Å². The molecule has 148 valence electrons. The van der Waals surface area contributed by atoms with Crippen LogP contribution in [-0.4, -0.2) is 56.8 Å². The Morgan fingerprint density at radius 1 is 1.44 bits per heavy atom. The number of nitrogens with zero attached hydrogens (tertiary/aromatic N) is 3. The summed E-state index contributed by atoms with van der Waals surface area (Å²) in [6, 6.07) is 0.0578. The van der Waals surface area contributed by atoms with Crippen LogP contribution in [0.3, 0.4) is 0 Å². The molecule has 2 aliphatic heterocycles. The quantitative estimate of drug-likeness (QED) is 0.706. The summed E-state index contributed by atoms with van der Waals surface area (Å²) in [4.78, 5) is 15.3. The van der Waals surface area contributed by atoms with E-state index in [9.17, 15) is 18.0 Å². The Labute approximate surface area is 164 Å². The zero-order chi connectivity index (χ0) is 19.4. The molecule has 0 bridgehead atoms. The fraction of sp³-hybridized carbons (Fsp3) is 0.667. The minimum absolute atomic E-state index is 0.0578. The molecular formula is C18H22BrF3N4O. The van der Waals surface area contributed by atoms with Crippen molar-refractivity contribution in [3.05, 3.63) is 23.0 Å². The lowest BCUT2D eigenvalue weighted by Crippen LogP contribution is -2.64. The van der Waals surface area contributed by atoms with E-state index in [1.807, 2.05) is 0 Å². The Bertz CT molecular complexity index is 786. The van der Waals surface area contributed by atoms with E-state index in [0.29, 0.717) is 22.5 Å². The van der Waals surface area contributed by atoms with Gasteiger partial charge in [0.15, 0.2) is 5.69 Å². The fourth-order valence-electron chi connectivity index (χ4n) is 4.94. The molecule has 1 aliphatic carbocycles. The van der Waals surface area contributed by atoms with E-state index < -0.39 is 12.7 Å². The van der Waals surface area contributed by atoms with E-state index in [4.69, 9.17) is 0 Å². The summed E-state index contributed by atoms with van der Waals surface area (Å²) in [6.45, 7) is 2.33. The summed E-state index contributed by atoms with van der Waals surface area (Å²) in [5.74, 6) is 0.0806. The molecule has 3 aliphatic rings. The number of hydrogen-bond donors (Lipinski definition) is 1. The van der Waals surface area contributed by atoms with E-state index in [-0.39, 0.29) is 23.2 Å². The van der Waals surface area contributed by atoms with Crippen molar-refractivity contribution in [3.63, 3.8) is 0 Å². The van der Waals surface area contributed by atoms with Crippen LogP contribution in [0.1, 0.15) is 41.0 Å². The second-order valence-electron chi connectivity index (χ2n) is 7.71. The summed E-state index contributed by atoms with van der Waals surface area (Å²) in [6.07, 6.45) is 2.33. The van der Waals surface area contributed by atoms with Crippen LogP contribution in [-0.2, 0) is 6.54 Å². The van der Waals surface area contributed by atoms with Gasteiger partial charge in [0.25, 0.3) is 5.91 Å². The Morgan fingerprint density at radius 3 is 2.74 bits per heavy atom. The van der Waals surface area contributed by atoms with Gasteiger partial charge >= 0.3 is 6.18 Å². The maximum atomic E-state index is 12.9. The zero-order valence-corrected chi connectivity index (χ0v) is 16.6. The van der Waals surface area contributed by atoms with Gasteiger partial charge in [-0.15, -0.1) is 0 Å². The highest BCUT2D eigenvalue weighted by atomic mass is 79.9. The first-order valence-corrected chi connectivity index (χ1v) is 10.3. The van der Waals surface area contributed by atoms with Crippen LogP contribution in [0.25, 0.3) is 6.08 Å². The van der Waals surface area contributed by atoms with Gasteiger partial charge in [0.05, 0.1) is 5.69 Å². The summed E-state index contributed by atoms with van der Waals surface area (Å²) >= 11 is 3.22. The average molecular weight is 447 g/mol. The number of nitrogens with one attached hydrogen (secondary N) is 1. The molecule has 3 heterocycles. The van der Waals surface area contributed by atoms with E-state index in [1.54, 1.807) is 19.1 Å². The SMILES string of the molecule is Cc1c(C(=O)NC2CN3CCC34CCC24)nn(CC(F)(F)F)c1/C=C\CBr. The average Bonchev–Trinajstić information content (AvgIpc) is 2.88. The van der Waals surface area contributed by atoms with Crippen LogP contribution in [0.5, 0.6) is 0 Å². The number of carbonyl (C=O) groups excluding carboxylic acids is 1. The van der Waals surface area contributed by atoms with Gasteiger partial charge in [-0.1, -0.05) is 22.0 Å². The number of aromatic nitrogens is 2. The number of hydrogen-bond acceptors (Lipinski definition) is 3. The molecule has 3 atom stereocenters. The third kappa shape index (κ3) is 3.12. The van der Waals surface area contributed by atoms with E-state index in [1.165, 1.54) is 12.8 Å². The minimum atomic E-state index is -4.40. The van der Waals surface area contributed by atoms with Crippen molar-refractivity contribution in [2.75, 3.05) is 18.4 Å². The molecule has 9 heteroatoms. The predicted octanol–water partition coefficient (Wildman–Crippen LogP) is 3.13. The van der Waals surface area contributed by atoms with Crippen LogP contribution >= 0.6 is 15.9 Å². The number of rotatable bonds is 5. The van der Waals surface area contributed by atoms with Gasteiger partial charge < -0.3 is 5.32 Å². The van der Waals surface area contributed by atoms with Gasteiger partial charge in [-0.2, -0.15) is 18.3 Å². The van der Waals surface area contributed by atoms with Crippen molar-refractivity contribution in [3.8, 4) is 0 Å². The largest absolute Gasteiger partial charge is 0.408 e. The molecule has 1 aromatic rings. The number of alkyl halides is 4. The third-order valence-corrected chi connectivity index (χ3v) is 6.76. The van der Waals surface area contributed by atoms with Gasteiger partial charge in [-0.05, 0) is 38.2 Å². The second kappa shape index (κ2) is 6.62. The van der Waals surface area contributed by atoms with E-state index >= 15 is 0 Å². The Hall–Kier alpha value is -1.35. The molecule has 1 N–H and O–H groups in total. The van der Waals surface area contributed by atoms with Crippen molar-refractivity contribution in [2.45, 2.75) is 50.5 Å². The normalized spacial score (nSPS) is 30.0. The number of halogens is 4. The monoisotopic (exact) mass is 446 g/mol. The molecule has 1 amide bonds. The van der Waals surface area contributed by atoms with Crippen molar-refractivity contribution in [2.24, 2.45) is 5.92 Å². The van der Waals surface area contributed by atoms with Crippen LogP contribution < -0.4 is 5.32 Å². The lowest BCUT2D eigenvalue weighted by Gasteiger charge is -2.58. The molecule has 1 aromatic heterocycles. The van der Waals surface area contributed by atoms with Crippen molar-refractivity contribution >= 4 is 27.9 Å². The highest BCUT2D eigenvalue weighted by molar-refractivity contribution is 9.09. The maximum absolute atomic E-state index is 12.9. The molecule has 0 radical (unpaired) electrons. The summed E-state index contributed by atoms with van der Waals surface area (Å²) in [7, 11) is 0. The number of carbonyl (C=O) groups is 1. The summed E-state index contributed by atoms with van der Waals surface area (Å²) < 4.78 is 39.6. The molecule has 27 heavy (non-hydrogen) atoms. The van der Waals surface area contributed by atoms with E-state index in [2.05, 4.69) is 31.2 Å². The summed E-state index contributed by atoms with van der Waals surface area (Å²) in [5.41, 5.74) is 1.15. The topological polar surface area (TPSA) is 50.2 Å². The molecule has 1 saturated carbocycles. The first-order valence-electron chi connectivity index (χ1n) is 9.18. The van der Waals surface area contributed by atoms with Crippen LogP contribution in [0.15, 0.2) is 6.08 Å². The van der Waals surface area contributed by atoms with Gasteiger partial charge in [0.1, 0.15) is 6.54 Å². The Morgan fingerprint density at radius 2 is 2.22 bits per heavy atom. The molecule has 2 saturated heterocycles. The number of allylic oxidation sites excluding steroid dienone is 1. The van der Waals surface area contributed by atoms with E-state index in [0.717, 1.165) is 24.2 Å². The number of amides is 1. The van der Waals surface area contributed by atoms with Crippen LogP contribution in [0.4, 0.5) is 13.2 Å². The molecule has 0 aromatic carbocycles. The minimum Gasteiger partial charge on any atom is -0.346 e. The molecule has 5 nitrogen and oxygen atoms in total. The van der Waals surface area contributed by atoms with Gasteiger partial charge in [0.2, 0.25) is 0 Å². The lowest BCUT2D eigenvalue weighted by molar-refractivity contribution is -0.142. The van der Waals surface area contributed by atoms with Crippen molar-refractivity contribution < 1.29 is 18.0 Å². The van der Waals surface area contributed by atoms with Gasteiger partial charge in [-0.25, -0.2) is 0 Å². The first kappa shape index (κ1) is 19.0. The third-order valence-electron chi connectivity index (χ3n) is 6.39. The van der Waals surface area contributed by atoms with Crippen molar-refractivity contribution in [1.29, 1.82) is 0 Å². The Balaban J connectivity index is 1.55. The molecule has 3 fully saturated rings. The highest BCUT2D eigenvalue weighted by Crippen LogP contribution is 2.57. The highest BCUT2D eigenvalue weighted by Gasteiger charge is 2.63. The molecule has 1 spiro atoms. The summed E-state index contributed by atoms with van der Waals surface area (Å²) in [5, 5.41) is 7.57. The molecular weight excluding hydrogens is 425 g/mol. The van der Waals surface area contributed by atoms with Crippen LogP contribution in [0.2, 0.25) is 0 Å². The zero-order valence-electron chi connectivity index (χ0n) is 15.0. The molecule has 4 rings (SSSR count). The molecule has 3 unspecified atom stereocenters. The van der Waals surface area contributed by atoms with Crippen LogP contribution in [0, 0.1) is 12.8 Å². The maximum Gasteiger partial charge on any atom is 0.408 e. The lowest BCUT2D eigenvalue weighted by atomic mass is 9.61. The van der Waals surface area contributed by atoms with Crippen molar-refractivity contribution in [1.82, 2.24) is 20.0 Å².